The molecule has 2 aliphatic heterocycles. The van der Waals surface area contributed by atoms with Crippen LogP contribution >= 0.6 is 0 Å². The van der Waals surface area contributed by atoms with Gasteiger partial charge in [0.25, 0.3) is 0 Å². The molecule has 174 valence electrons. The number of carbonyl (C=O) groups excluding carboxylic acids is 2. The summed E-state index contributed by atoms with van der Waals surface area (Å²) in [6, 6.07) is 0. The Morgan fingerprint density at radius 2 is 1.00 bits per heavy atom. The van der Waals surface area contributed by atoms with Crippen LogP contribution in [0, 0.1) is 11.8 Å². The molecule has 0 radical (unpaired) electrons. The lowest BCUT2D eigenvalue weighted by molar-refractivity contribution is -0.128. The van der Waals surface area contributed by atoms with E-state index in [-0.39, 0.29) is 45.8 Å². The van der Waals surface area contributed by atoms with Crippen LogP contribution in [0.2, 0.25) is 0 Å². The standard InChI is InChI=1S/C24H46N4O2/c1-21(2)15-17(23(5,6)27(21)9)19(29)25-13-11-12-14-26-20(30)18-16-22(3,4)28(10)24(18,7)8/h17-18H,11-16H2,1-10H3,(H,25,29)(H,26,30). The van der Waals surface area contributed by atoms with E-state index in [9.17, 15) is 9.59 Å². The zero-order chi connectivity index (χ0) is 23.1. The van der Waals surface area contributed by atoms with Gasteiger partial charge < -0.3 is 10.6 Å². The van der Waals surface area contributed by atoms with Crippen molar-refractivity contribution >= 4 is 11.8 Å². The Kier molecular flexibility index (Phi) is 7.05. The van der Waals surface area contributed by atoms with Gasteiger partial charge in [-0.05, 0) is 95.2 Å². The second-order valence-electron chi connectivity index (χ2n) is 11.9. The molecule has 2 unspecified atom stereocenters. The topological polar surface area (TPSA) is 64.7 Å². The molecule has 30 heavy (non-hydrogen) atoms. The van der Waals surface area contributed by atoms with Gasteiger partial charge in [-0.2, -0.15) is 0 Å². The Bertz CT molecular complexity index is 598. The molecule has 0 bridgehead atoms. The second-order valence-corrected chi connectivity index (χ2v) is 11.9. The minimum atomic E-state index is -0.142. The number of nitrogens with zero attached hydrogens (tertiary/aromatic N) is 2. The predicted molar refractivity (Wildman–Crippen MR) is 123 cm³/mol. The van der Waals surface area contributed by atoms with Gasteiger partial charge in [-0.15, -0.1) is 0 Å². The van der Waals surface area contributed by atoms with Crippen LogP contribution in [0.1, 0.15) is 81.1 Å². The molecule has 6 nitrogen and oxygen atoms in total. The molecule has 2 amide bonds. The van der Waals surface area contributed by atoms with Gasteiger partial charge >= 0.3 is 0 Å². The molecule has 2 rings (SSSR count). The molecular weight excluding hydrogens is 376 g/mol. The number of nitrogens with one attached hydrogen (secondary N) is 2. The first-order valence-electron chi connectivity index (χ1n) is 11.6. The molecule has 2 fully saturated rings. The third-order valence-electron chi connectivity index (χ3n) is 8.49. The number of amides is 2. The highest BCUT2D eigenvalue weighted by molar-refractivity contribution is 5.81. The highest BCUT2D eigenvalue weighted by Gasteiger charge is 2.53. The summed E-state index contributed by atoms with van der Waals surface area (Å²) in [6.45, 7) is 18.8. The fraction of sp³-hybridized carbons (Fsp3) is 0.917. The SMILES string of the molecule is CN1C(C)(C)CC(C(=O)NCCCCNC(=O)C2CC(C)(C)N(C)C2(C)C)C1(C)C. The van der Waals surface area contributed by atoms with Gasteiger partial charge in [-0.1, -0.05) is 0 Å². The maximum absolute atomic E-state index is 12.8. The Morgan fingerprint density at radius 3 is 1.23 bits per heavy atom. The second kappa shape index (κ2) is 8.42. The zero-order valence-electron chi connectivity index (χ0n) is 21.1. The van der Waals surface area contributed by atoms with Gasteiger partial charge in [0.15, 0.2) is 0 Å². The van der Waals surface area contributed by atoms with E-state index in [1.165, 1.54) is 0 Å². The lowest BCUT2D eigenvalue weighted by Gasteiger charge is -2.38. The minimum absolute atomic E-state index is 0.00199. The van der Waals surface area contributed by atoms with Crippen LogP contribution in [0.4, 0.5) is 0 Å². The number of likely N-dealkylation sites (tertiary alicyclic amines) is 2. The molecule has 0 saturated carbocycles. The third-order valence-corrected chi connectivity index (χ3v) is 8.49. The van der Waals surface area contributed by atoms with Crippen molar-refractivity contribution in [1.29, 1.82) is 0 Å². The van der Waals surface area contributed by atoms with Crippen molar-refractivity contribution in [1.82, 2.24) is 20.4 Å². The summed E-state index contributed by atoms with van der Waals surface area (Å²) in [6.07, 6.45) is 3.50. The molecule has 2 heterocycles. The highest BCUT2D eigenvalue weighted by atomic mass is 16.2. The molecule has 0 spiro atoms. The van der Waals surface area contributed by atoms with E-state index in [0.717, 1.165) is 25.7 Å². The predicted octanol–water partition coefficient (Wildman–Crippen LogP) is 3.02. The van der Waals surface area contributed by atoms with Crippen LogP contribution in [0.25, 0.3) is 0 Å². The van der Waals surface area contributed by atoms with Gasteiger partial charge in [-0.3, -0.25) is 19.4 Å². The quantitative estimate of drug-likeness (QED) is 0.619. The first-order valence-corrected chi connectivity index (χ1v) is 11.6. The zero-order valence-corrected chi connectivity index (χ0v) is 21.1. The summed E-state index contributed by atoms with van der Waals surface area (Å²) < 4.78 is 0. The number of rotatable bonds is 7. The minimum Gasteiger partial charge on any atom is -0.356 e. The Hall–Kier alpha value is -1.14. The van der Waals surface area contributed by atoms with E-state index in [1.807, 2.05) is 0 Å². The summed E-state index contributed by atoms with van der Waals surface area (Å²) in [5, 5.41) is 6.25. The number of hydrogen-bond acceptors (Lipinski definition) is 4. The van der Waals surface area contributed by atoms with Gasteiger partial charge in [0, 0.05) is 35.2 Å². The van der Waals surface area contributed by atoms with Crippen molar-refractivity contribution in [2.45, 2.75) is 103 Å². The molecule has 0 aromatic rings. The fourth-order valence-corrected chi connectivity index (χ4v) is 5.55. The normalized spacial score (nSPS) is 29.7. The maximum Gasteiger partial charge on any atom is 0.225 e. The summed E-state index contributed by atoms with van der Waals surface area (Å²) >= 11 is 0. The largest absolute Gasteiger partial charge is 0.356 e. The van der Waals surface area contributed by atoms with Gasteiger partial charge in [0.2, 0.25) is 11.8 Å². The van der Waals surface area contributed by atoms with E-state index < -0.39 is 0 Å². The van der Waals surface area contributed by atoms with Crippen LogP contribution in [0.5, 0.6) is 0 Å². The summed E-state index contributed by atoms with van der Waals surface area (Å²) in [5.41, 5.74) is -0.216. The summed E-state index contributed by atoms with van der Waals surface area (Å²) in [4.78, 5) is 30.2. The van der Waals surface area contributed by atoms with Crippen molar-refractivity contribution in [3.8, 4) is 0 Å². The molecule has 2 N–H and O–H groups in total. The smallest absolute Gasteiger partial charge is 0.225 e. The average molecular weight is 423 g/mol. The third kappa shape index (κ3) is 4.69. The number of hydrogen-bond donors (Lipinski definition) is 2. The summed E-state index contributed by atoms with van der Waals surface area (Å²) in [7, 11) is 4.22. The van der Waals surface area contributed by atoms with E-state index in [0.29, 0.717) is 13.1 Å². The highest BCUT2D eigenvalue weighted by Crippen LogP contribution is 2.44. The number of carbonyl (C=O) groups is 2. The fourth-order valence-electron chi connectivity index (χ4n) is 5.55. The van der Waals surface area contributed by atoms with E-state index >= 15 is 0 Å². The van der Waals surface area contributed by atoms with E-state index in [1.54, 1.807) is 0 Å². The molecule has 6 heteroatoms. The molecule has 2 atom stereocenters. The Balaban J connectivity index is 1.72. The van der Waals surface area contributed by atoms with E-state index in [4.69, 9.17) is 0 Å². The van der Waals surface area contributed by atoms with Crippen molar-refractivity contribution in [2.75, 3.05) is 27.2 Å². The Labute approximate surface area is 184 Å². The molecule has 2 saturated heterocycles. The van der Waals surface area contributed by atoms with Gasteiger partial charge in [-0.25, -0.2) is 0 Å². The first-order chi connectivity index (χ1) is 13.5. The van der Waals surface area contributed by atoms with Crippen molar-refractivity contribution in [2.24, 2.45) is 11.8 Å². The van der Waals surface area contributed by atoms with Crippen molar-refractivity contribution < 1.29 is 9.59 Å². The molecule has 0 aromatic carbocycles. The molecule has 2 aliphatic rings. The maximum atomic E-state index is 12.8. The van der Waals surface area contributed by atoms with Crippen LogP contribution in [-0.4, -0.2) is 71.0 Å². The van der Waals surface area contributed by atoms with Crippen LogP contribution in [-0.2, 0) is 9.59 Å². The summed E-state index contributed by atoms with van der Waals surface area (Å²) in [5.74, 6) is 0.308. The van der Waals surface area contributed by atoms with Gasteiger partial charge in [0.05, 0.1) is 11.8 Å². The molecule has 0 aromatic heterocycles. The average Bonchev–Trinajstić information content (AvgIpc) is 2.91. The lowest BCUT2D eigenvalue weighted by Crippen LogP contribution is -2.49. The van der Waals surface area contributed by atoms with Gasteiger partial charge in [0.1, 0.15) is 0 Å². The van der Waals surface area contributed by atoms with Crippen molar-refractivity contribution in [3.05, 3.63) is 0 Å². The number of unbranched alkanes of at least 4 members (excludes halogenated alkanes) is 1. The Morgan fingerprint density at radius 1 is 0.700 bits per heavy atom. The van der Waals surface area contributed by atoms with E-state index in [2.05, 4.69) is 89.9 Å². The monoisotopic (exact) mass is 422 g/mol. The molecular formula is C24H46N4O2. The van der Waals surface area contributed by atoms with Crippen molar-refractivity contribution in [3.63, 3.8) is 0 Å². The lowest BCUT2D eigenvalue weighted by atomic mass is 9.86. The molecule has 0 aliphatic carbocycles. The van der Waals surface area contributed by atoms with Crippen LogP contribution < -0.4 is 10.6 Å². The first kappa shape index (κ1) is 25.1. The van der Waals surface area contributed by atoms with Crippen LogP contribution in [0.3, 0.4) is 0 Å². The van der Waals surface area contributed by atoms with Crippen LogP contribution in [0.15, 0.2) is 0 Å².